The topological polar surface area (TPSA) is 111 Å². The number of halogens is 1. The van der Waals surface area contributed by atoms with Gasteiger partial charge in [0.25, 0.3) is 5.69 Å². The van der Waals surface area contributed by atoms with Crippen LogP contribution in [0.2, 0.25) is 0 Å². The molecule has 0 fully saturated rings. The van der Waals surface area contributed by atoms with E-state index in [2.05, 4.69) is 5.32 Å². The van der Waals surface area contributed by atoms with Gasteiger partial charge in [0.05, 0.1) is 34.5 Å². The summed E-state index contributed by atoms with van der Waals surface area (Å²) in [5, 5.41) is 14.9. The Morgan fingerprint density at radius 3 is 2.35 bits per heavy atom. The third kappa shape index (κ3) is 6.75. The first kappa shape index (κ1) is 27.9. The fourth-order valence-electron chi connectivity index (χ4n) is 4.28. The SMILES string of the molecule is CCOC(=O)C1=C(CCl)NC(C)=C(C(=O)OCCN(C)Cc2ccccc2)C1c1ccccc1[N+](=O)[O-]. The Morgan fingerprint density at radius 2 is 1.70 bits per heavy atom. The van der Waals surface area contributed by atoms with E-state index in [1.54, 1.807) is 19.9 Å². The van der Waals surface area contributed by atoms with Gasteiger partial charge < -0.3 is 14.8 Å². The standard InChI is InChI=1S/C27H30ClN3O6/c1-4-36-27(33)25-21(16-28)29-18(2)23(24(25)20-12-8-9-13-22(20)31(34)35)26(32)37-15-14-30(3)17-19-10-6-5-7-11-19/h5-13,24,29H,4,14-17H2,1-3H3. The van der Waals surface area contributed by atoms with Crippen LogP contribution < -0.4 is 5.32 Å². The molecule has 0 spiro atoms. The van der Waals surface area contributed by atoms with Crippen LogP contribution >= 0.6 is 11.6 Å². The molecule has 1 atom stereocenters. The molecule has 1 N–H and O–H groups in total. The van der Waals surface area contributed by atoms with Gasteiger partial charge in [0.15, 0.2) is 0 Å². The van der Waals surface area contributed by atoms with Gasteiger partial charge in [0.1, 0.15) is 6.61 Å². The van der Waals surface area contributed by atoms with E-state index >= 15 is 0 Å². The molecule has 3 rings (SSSR count). The molecule has 196 valence electrons. The highest BCUT2D eigenvalue weighted by molar-refractivity contribution is 6.20. The van der Waals surface area contributed by atoms with Crippen LogP contribution in [0.3, 0.4) is 0 Å². The van der Waals surface area contributed by atoms with Crippen LogP contribution in [-0.2, 0) is 25.6 Å². The lowest BCUT2D eigenvalue weighted by Crippen LogP contribution is -2.34. The summed E-state index contributed by atoms with van der Waals surface area (Å²) in [6, 6.07) is 15.9. The quantitative estimate of drug-likeness (QED) is 0.199. The van der Waals surface area contributed by atoms with Crippen LogP contribution in [-0.4, -0.2) is 54.4 Å². The van der Waals surface area contributed by atoms with Gasteiger partial charge in [0, 0.05) is 36.1 Å². The van der Waals surface area contributed by atoms with Gasteiger partial charge in [-0.3, -0.25) is 15.0 Å². The summed E-state index contributed by atoms with van der Waals surface area (Å²) < 4.78 is 10.9. The molecule has 1 heterocycles. The van der Waals surface area contributed by atoms with Crippen molar-refractivity contribution in [3.8, 4) is 0 Å². The minimum atomic E-state index is -1.09. The van der Waals surface area contributed by atoms with Gasteiger partial charge >= 0.3 is 11.9 Å². The molecule has 0 saturated carbocycles. The van der Waals surface area contributed by atoms with Crippen molar-refractivity contribution < 1.29 is 24.0 Å². The van der Waals surface area contributed by atoms with E-state index in [0.29, 0.717) is 24.5 Å². The lowest BCUT2D eigenvalue weighted by molar-refractivity contribution is -0.385. The molecular weight excluding hydrogens is 498 g/mol. The highest BCUT2D eigenvalue weighted by Crippen LogP contribution is 2.42. The normalized spacial score (nSPS) is 15.4. The number of rotatable bonds is 11. The number of likely N-dealkylation sites (N-methyl/N-ethyl adjacent to an activating group) is 1. The highest BCUT2D eigenvalue weighted by Gasteiger charge is 2.41. The summed E-state index contributed by atoms with van der Waals surface area (Å²) >= 11 is 6.15. The number of para-hydroxylation sites is 1. The zero-order valence-corrected chi connectivity index (χ0v) is 21.8. The number of alkyl halides is 1. The number of carbonyl (C=O) groups excluding carboxylic acids is 2. The van der Waals surface area contributed by atoms with E-state index in [-0.39, 0.29) is 41.5 Å². The van der Waals surface area contributed by atoms with Crippen LogP contribution in [0, 0.1) is 10.1 Å². The molecule has 0 aromatic heterocycles. The van der Waals surface area contributed by atoms with E-state index in [4.69, 9.17) is 21.1 Å². The zero-order chi connectivity index (χ0) is 26.9. The number of nitro benzene ring substituents is 1. The lowest BCUT2D eigenvalue weighted by Gasteiger charge is -2.31. The van der Waals surface area contributed by atoms with Crippen molar-refractivity contribution in [3.05, 3.63) is 98.4 Å². The predicted molar refractivity (Wildman–Crippen MR) is 140 cm³/mol. The van der Waals surface area contributed by atoms with E-state index in [9.17, 15) is 19.7 Å². The Hall–Kier alpha value is -3.69. The number of nitrogens with zero attached hydrogens (tertiary/aromatic N) is 2. The summed E-state index contributed by atoms with van der Waals surface area (Å²) in [5.74, 6) is -2.58. The van der Waals surface area contributed by atoms with Crippen LogP contribution in [0.5, 0.6) is 0 Å². The maximum Gasteiger partial charge on any atom is 0.336 e. The molecule has 1 aliphatic heterocycles. The molecule has 37 heavy (non-hydrogen) atoms. The number of nitrogens with one attached hydrogen (secondary N) is 1. The first-order valence-corrected chi connectivity index (χ1v) is 12.4. The molecule has 0 saturated heterocycles. The van der Waals surface area contributed by atoms with Gasteiger partial charge in [-0.05, 0) is 26.5 Å². The van der Waals surface area contributed by atoms with Crippen LogP contribution in [0.1, 0.15) is 30.9 Å². The second-order valence-electron chi connectivity index (χ2n) is 8.52. The maximum atomic E-state index is 13.4. The Morgan fingerprint density at radius 1 is 1.05 bits per heavy atom. The number of dihydropyridines is 1. The lowest BCUT2D eigenvalue weighted by atomic mass is 9.79. The molecule has 0 aliphatic carbocycles. The van der Waals surface area contributed by atoms with Crippen molar-refractivity contribution in [1.82, 2.24) is 10.2 Å². The first-order valence-electron chi connectivity index (χ1n) is 11.8. The number of benzene rings is 2. The number of esters is 2. The molecular formula is C27H30ClN3O6. The van der Waals surface area contributed by atoms with Gasteiger partial charge in [-0.25, -0.2) is 9.59 Å². The number of allylic oxidation sites excluding steroid dienone is 2. The Balaban J connectivity index is 1.92. The molecule has 1 unspecified atom stereocenters. The van der Waals surface area contributed by atoms with E-state index in [1.807, 2.05) is 42.3 Å². The van der Waals surface area contributed by atoms with Gasteiger partial charge in [-0.15, -0.1) is 11.6 Å². The van der Waals surface area contributed by atoms with Crippen molar-refractivity contribution in [2.45, 2.75) is 26.3 Å². The smallest absolute Gasteiger partial charge is 0.336 e. The van der Waals surface area contributed by atoms with Crippen LogP contribution in [0.25, 0.3) is 0 Å². The second-order valence-corrected chi connectivity index (χ2v) is 8.79. The molecule has 1 aliphatic rings. The summed E-state index contributed by atoms with van der Waals surface area (Å²) in [7, 11) is 1.91. The van der Waals surface area contributed by atoms with Crippen molar-refractivity contribution >= 4 is 29.2 Å². The molecule has 10 heteroatoms. The monoisotopic (exact) mass is 527 g/mol. The number of hydrogen-bond donors (Lipinski definition) is 1. The van der Waals surface area contributed by atoms with Gasteiger partial charge in [-0.2, -0.15) is 0 Å². The summed E-state index contributed by atoms with van der Waals surface area (Å²) in [6.07, 6.45) is 0. The molecule has 0 bridgehead atoms. The van der Waals surface area contributed by atoms with Crippen molar-refractivity contribution in [2.75, 3.05) is 32.7 Å². The summed E-state index contributed by atoms with van der Waals surface area (Å²) in [4.78, 5) is 39.8. The Kier molecular flexibility index (Phi) is 9.82. The molecule has 2 aromatic carbocycles. The first-order chi connectivity index (χ1) is 17.8. The number of hydrogen-bond acceptors (Lipinski definition) is 8. The van der Waals surface area contributed by atoms with Crippen molar-refractivity contribution in [2.24, 2.45) is 0 Å². The highest BCUT2D eigenvalue weighted by atomic mass is 35.5. The van der Waals surface area contributed by atoms with Gasteiger partial charge in [0.2, 0.25) is 0 Å². The van der Waals surface area contributed by atoms with E-state index in [1.165, 1.54) is 18.2 Å². The van der Waals surface area contributed by atoms with Crippen LogP contribution in [0.4, 0.5) is 5.69 Å². The third-order valence-electron chi connectivity index (χ3n) is 5.94. The van der Waals surface area contributed by atoms with Crippen molar-refractivity contribution in [1.29, 1.82) is 0 Å². The predicted octanol–water partition coefficient (Wildman–Crippen LogP) is 4.29. The molecule has 0 amide bonds. The number of nitro groups is 1. The van der Waals surface area contributed by atoms with Gasteiger partial charge in [-0.1, -0.05) is 48.5 Å². The van der Waals surface area contributed by atoms with Crippen LogP contribution in [0.15, 0.2) is 77.1 Å². The fraction of sp³-hybridized carbons (Fsp3) is 0.333. The number of ether oxygens (including phenoxy) is 2. The summed E-state index contributed by atoms with van der Waals surface area (Å²) in [5.41, 5.74) is 1.93. The minimum Gasteiger partial charge on any atom is -0.463 e. The number of carbonyl (C=O) groups is 2. The molecule has 2 aromatic rings. The third-order valence-corrected chi connectivity index (χ3v) is 6.21. The molecule has 9 nitrogen and oxygen atoms in total. The average molecular weight is 528 g/mol. The largest absolute Gasteiger partial charge is 0.463 e. The van der Waals surface area contributed by atoms with E-state index in [0.717, 1.165) is 5.56 Å². The summed E-state index contributed by atoms with van der Waals surface area (Å²) in [6.45, 7) is 4.60. The zero-order valence-electron chi connectivity index (χ0n) is 21.0. The van der Waals surface area contributed by atoms with Crippen molar-refractivity contribution in [3.63, 3.8) is 0 Å². The second kappa shape index (κ2) is 13.0. The Bertz CT molecular complexity index is 1210. The van der Waals surface area contributed by atoms with E-state index < -0.39 is 22.8 Å². The Labute approximate surface area is 220 Å². The average Bonchev–Trinajstić information content (AvgIpc) is 2.88. The molecule has 0 radical (unpaired) electrons. The minimum absolute atomic E-state index is 0.0462. The fourth-order valence-corrected chi connectivity index (χ4v) is 4.49. The maximum absolute atomic E-state index is 13.4.